The van der Waals surface area contributed by atoms with Crippen molar-refractivity contribution in [1.82, 2.24) is 4.98 Å². The Morgan fingerprint density at radius 3 is 2.32 bits per heavy atom. The van der Waals surface area contributed by atoms with E-state index in [-0.39, 0.29) is 17.0 Å². The van der Waals surface area contributed by atoms with Crippen molar-refractivity contribution in [3.05, 3.63) is 11.1 Å². The zero-order valence-electron chi connectivity index (χ0n) is 18.4. The summed E-state index contributed by atoms with van der Waals surface area (Å²) in [7, 11) is -2.15. The molecule has 0 aromatic carbocycles. The second-order valence-electron chi connectivity index (χ2n) is 9.29. The number of thiazole rings is 1. The molecule has 1 rings (SSSR count). The van der Waals surface area contributed by atoms with Gasteiger partial charge in [-0.3, -0.25) is 5.32 Å². The smallest absolute Gasteiger partial charge is 0.413 e. The largest absolute Gasteiger partial charge is 0.444 e. The number of amides is 1. The molecule has 0 fully saturated rings. The van der Waals surface area contributed by atoms with E-state index < -0.39 is 25.4 Å². The fourth-order valence-corrected chi connectivity index (χ4v) is 6.53. The van der Waals surface area contributed by atoms with Crippen molar-refractivity contribution in [2.24, 2.45) is 5.92 Å². The van der Waals surface area contributed by atoms with Gasteiger partial charge in [0.15, 0.2) is 13.4 Å². The number of halogens is 2. The van der Waals surface area contributed by atoms with Crippen molar-refractivity contribution in [2.45, 2.75) is 83.7 Å². The minimum Gasteiger partial charge on any atom is -0.444 e. The van der Waals surface area contributed by atoms with Crippen LogP contribution in [0.4, 0.5) is 9.93 Å². The Morgan fingerprint density at radius 2 is 1.86 bits per heavy atom. The van der Waals surface area contributed by atoms with Crippen LogP contribution in [0, 0.1) is 5.92 Å². The van der Waals surface area contributed by atoms with Crippen LogP contribution in [0.3, 0.4) is 0 Å². The molecule has 0 unspecified atom stereocenters. The predicted molar refractivity (Wildman–Crippen MR) is 123 cm³/mol. The van der Waals surface area contributed by atoms with Gasteiger partial charge in [-0.15, -0.1) is 23.2 Å². The van der Waals surface area contributed by atoms with Gasteiger partial charge in [0.05, 0.1) is 16.4 Å². The number of nitrogens with one attached hydrogen (secondary N) is 1. The molecular weight excluding hydrogens is 435 g/mol. The van der Waals surface area contributed by atoms with Crippen molar-refractivity contribution >= 4 is 54.1 Å². The highest BCUT2D eigenvalue weighted by Gasteiger charge is 2.46. The van der Waals surface area contributed by atoms with E-state index in [0.29, 0.717) is 11.0 Å². The zero-order chi connectivity index (χ0) is 21.9. The Bertz CT molecular complexity index is 660. The Balaban J connectivity index is 3.04. The van der Waals surface area contributed by atoms with E-state index in [1.54, 1.807) is 6.20 Å². The molecule has 2 atom stereocenters. The summed E-state index contributed by atoms with van der Waals surface area (Å²) < 4.78 is 11.9. The summed E-state index contributed by atoms with van der Waals surface area (Å²) in [5.41, 5.74) is -0.576. The molecule has 9 heteroatoms. The van der Waals surface area contributed by atoms with Crippen LogP contribution in [0.1, 0.15) is 59.4 Å². The van der Waals surface area contributed by atoms with Gasteiger partial charge >= 0.3 is 6.09 Å². The summed E-state index contributed by atoms with van der Waals surface area (Å²) in [5, 5.41) is 2.75. The first-order valence-corrected chi connectivity index (χ1v) is 14.1. The third-order valence-corrected chi connectivity index (χ3v) is 11.7. The molecule has 0 aliphatic rings. The second kappa shape index (κ2) is 9.64. The monoisotopic (exact) mass is 468 g/mol. The molecule has 162 valence electrons. The molecule has 0 saturated heterocycles. The Hall–Kier alpha value is -0.343. The van der Waals surface area contributed by atoms with E-state index in [4.69, 9.17) is 32.4 Å². The maximum Gasteiger partial charge on any atom is 0.413 e. The zero-order valence-corrected chi connectivity index (χ0v) is 21.7. The van der Waals surface area contributed by atoms with E-state index in [9.17, 15) is 4.79 Å². The normalized spacial score (nSPS) is 15.4. The maximum absolute atomic E-state index is 12.0. The van der Waals surface area contributed by atoms with Gasteiger partial charge in [0.25, 0.3) is 0 Å². The number of aromatic nitrogens is 1. The van der Waals surface area contributed by atoms with Crippen molar-refractivity contribution in [3.8, 4) is 0 Å². The molecule has 1 N–H and O–H groups in total. The molecular formula is C19H34Cl2N2O3SSi. The standard InChI is InChI=1S/C19H34Cl2N2O3SSi/c1-12(2)19(6,7)28(8,9)26-15(13(21)10-20)14-11-22-16(27-14)23-17(24)25-18(3,4)5/h11-13,15H,10H2,1-9H3,(H,22,23,24)/t13-,15+/m0/s1. The number of hydrogen-bond acceptors (Lipinski definition) is 5. The summed E-state index contributed by atoms with van der Waals surface area (Å²) in [5.74, 6) is 0.719. The molecule has 28 heavy (non-hydrogen) atoms. The van der Waals surface area contributed by atoms with Gasteiger partial charge in [0.2, 0.25) is 0 Å². The topological polar surface area (TPSA) is 60.5 Å². The average Bonchev–Trinajstić information content (AvgIpc) is 2.97. The first kappa shape index (κ1) is 25.7. The summed E-state index contributed by atoms with van der Waals surface area (Å²) >= 11 is 13.9. The third kappa shape index (κ3) is 6.87. The first-order chi connectivity index (χ1) is 12.6. The van der Waals surface area contributed by atoms with Crippen molar-refractivity contribution < 1.29 is 14.0 Å². The fraction of sp³-hybridized carbons (Fsp3) is 0.789. The van der Waals surface area contributed by atoms with Crippen LogP contribution in [-0.2, 0) is 9.16 Å². The lowest BCUT2D eigenvalue weighted by Crippen LogP contribution is -2.47. The number of nitrogens with zero attached hydrogens (tertiary/aromatic N) is 1. The van der Waals surface area contributed by atoms with Gasteiger partial charge in [-0.2, -0.15) is 0 Å². The number of rotatable bonds is 8. The Labute approximate surface area is 184 Å². The SMILES string of the molecule is CC(C)C(C)(C)[Si](C)(C)O[C@@H](c1cnc(NC(=O)OC(C)(C)C)s1)[C@@H](Cl)CCl. The van der Waals surface area contributed by atoms with E-state index in [2.05, 4.69) is 51.1 Å². The quantitative estimate of drug-likeness (QED) is 0.328. The summed E-state index contributed by atoms with van der Waals surface area (Å²) in [6.45, 7) is 18.8. The summed E-state index contributed by atoms with van der Waals surface area (Å²) in [6, 6.07) is 0. The number of carbonyl (C=O) groups is 1. The van der Waals surface area contributed by atoms with Gasteiger partial charge < -0.3 is 9.16 Å². The van der Waals surface area contributed by atoms with Crippen molar-refractivity contribution in [1.29, 1.82) is 0 Å². The van der Waals surface area contributed by atoms with Gasteiger partial charge in [0, 0.05) is 12.1 Å². The highest BCUT2D eigenvalue weighted by molar-refractivity contribution is 7.15. The van der Waals surface area contributed by atoms with Gasteiger partial charge in [-0.1, -0.05) is 39.0 Å². The van der Waals surface area contributed by atoms with E-state index in [1.807, 2.05) is 20.8 Å². The lowest BCUT2D eigenvalue weighted by atomic mass is 9.99. The molecule has 0 spiro atoms. The van der Waals surface area contributed by atoms with Crippen LogP contribution >= 0.6 is 34.5 Å². The molecule has 1 heterocycles. The Morgan fingerprint density at radius 1 is 1.29 bits per heavy atom. The van der Waals surface area contributed by atoms with E-state index in [1.165, 1.54) is 11.3 Å². The molecule has 1 aromatic rings. The molecule has 5 nitrogen and oxygen atoms in total. The number of anilines is 1. The molecule has 0 aliphatic heterocycles. The van der Waals surface area contributed by atoms with Gasteiger partial charge in [-0.05, 0) is 44.8 Å². The first-order valence-electron chi connectivity index (χ1n) is 9.44. The maximum atomic E-state index is 12.0. The molecule has 0 saturated carbocycles. The van der Waals surface area contributed by atoms with Crippen LogP contribution in [-0.4, -0.2) is 36.3 Å². The van der Waals surface area contributed by atoms with Gasteiger partial charge in [0.1, 0.15) is 5.60 Å². The average molecular weight is 470 g/mol. The highest BCUT2D eigenvalue weighted by atomic mass is 35.5. The molecule has 1 aromatic heterocycles. The number of ether oxygens (including phenoxy) is 1. The van der Waals surface area contributed by atoms with Crippen molar-refractivity contribution in [3.63, 3.8) is 0 Å². The third-order valence-electron chi connectivity index (χ3n) is 5.30. The van der Waals surface area contributed by atoms with Crippen molar-refractivity contribution in [2.75, 3.05) is 11.2 Å². The molecule has 0 radical (unpaired) electrons. The van der Waals surface area contributed by atoms with E-state index >= 15 is 0 Å². The molecule has 1 amide bonds. The van der Waals surface area contributed by atoms with Crippen LogP contribution in [0.15, 0.2) is 6.20 Å². The molecule has 0 aliphatic carbocycles. The predicted octanol–water partition coefficient (Wildman–Crippen LogP) is 7.04. The van der Waals surface area contributed by atoms with Gasteiger partial charge in [-0.25, -0.2) is 9.78 Å². The second-order valence-corrected chi connectivity index (χ2v) is 15.8. The minimum absolute atomic E-state index is 0.0381. The fourth-order valence-electron chi connectivity index (χ4n) is 2.42. The van der Waals surface area contributed by atoms with Crippen LogP contribution < -0.4 is 5.32 Å². The van der Waals surface area contributed by atoms with Crippen LogP contribution in [0.25, 0.3) is 0 Å². The summed E-state index contributed by atoms with van der Waals surface area (Å²) in [4.78, 5) is 17.1. The lowest BCUT2D eigenvalue weighted by molar-refractivity contribution is 0.0636. The minimum atomic E-state index is -2.15. The van der Waals surface area contributed by atoms with E-state index in [0.717, 1.165) is 4.88 Å². The molecule has 0 bridgehead atoms. The van der Waals surface area contributed by atoms with Crippen LogP contribution in [0.5, 0.6) is 0 Å². The number of carbonyl (C=O) groups excluding carboxylic acids is 1. The highest BCUT2D eigenvalue weighted by Crippen LogP contribution is 2.47. The Kier molecular flexibility index (Phi) is 8.85. The summed E-state index contributed by atoms with van der Waals surface area (Å²) in [6.07, 6.45) is 0.767. The number of alkyl halides is 2. The number of hydrogen-bond donors (Lipinski definition) is 1. The lowest BCUT2D eigenvalue weighted by Gasteiger charge is -2.44. The van der Waals surface area contributed by atoms with Crippen LogP contribution in [0.2, 0.25) is 18.1 Å².